The number of hydrogen-bond acceptors (Lipinski definition) is 4. The Morgan fingerprint density at radius 1 is 1.44 bits per heavy atom. The largest absolute Gasteiger partial charge is 0.321 e. The Balaban J connectivity index is 2.55. The zero-order valence-corrected chi connectivity index (χ0v) is 12.5. The SMILES string of the molecule is CS(=O)(=O)CCC(N)C(=O)Cc1cccc(Br)c1. The van der Waals surface area contributed by atoms with Gasteiger partial charge in [-0.25, -0.2) is 8.42 Å². The van der Waals surface area contributed by atoms with E-state index in [1.165, 1.54) is 0 Å². The molecule has 1 aromatic carbocycles. The molecule has 0 aliphatic carbocycles. The summed E-state index contributed by atoms with van der Waals surface area (Å²) in [5.74, 6) is -0.199. The molecule has 2 N–H and O–H groups in total. The zero-order valence-electron chi connectivity index (χ0n) is 10.1. The molecule has 100 valence electrons. The zero-order chi connectivity index (χ0) is 13.8. The summed E-state index contributed by atoms with van der Waals surface area (Å²) < 4.78 is 22.9. The van der Waals surface area contributed by atoms with Crippen LogP contribution < -0.4 is 5.73 Å². The lowest BCUT2D eigenvalue weighted by atomic mass is 10.0. The Bertz CT molecular complexity index is 528. The standard InChI is InChI=1S/C12H16BrNO3S/c1-18(16,17)6-5-11(14)12(15)8-9-3-2-4-10(13)7-9/h2-4,7,11H,5-6,8,14H2,1H3. The van der Waals surface area contributed by atoms with Gasteiger partial charge in [0, 0.05) is 17.1 Å². The predicted octanol–water partition coefficient (Wildman–Crippen LogP) is 1.32. The van der Waals surface area contributed by atoms with Gasteiger partial charge in [0.15, 0.2) is 5.78 Å². The van der Waals surface area contributed by atoms with Gasteiger partial charge in [-0.05, 0) is 24.1 Å². The summed E-state index contributed by atoms with van der Waals surface area (Å²) >= 11 is 3.32. The average molecular weight is 334 g/mol. The maximum atomic E-state index is 11.8. The Morgan fingerprint density at radius 2 is 2.11 bits per heavy atom. The van der Waals surface area contributed by atoms with Crippen molar-refractivity contribution in [3.8, 4) is 0 Å². The summed E-state index contributed by atoms with van der Waals surface area (Å²) in [5, 5.41) is 0. The van der Waals surface area contributed by atoms with E-state index in [-0.39, 0.29) is 24.4 Å². The van der Waals surface area contributed by atoms with Gasteiger partial charge in [0.25, 0.3) is 0 Å². The number of nitrogens with two attached hydrogens (primary N) is 1. The van der Waals surface area contributed by atoms with Gasteiger partial charge >= 0.3 is 0 Å². The fourth-order valence-corrected chi connectivity index (χ4v) is 2.61. The first kappa shape index (κ1) is 15.3. The maximum Gasteiger partial charge on any atom is 0.153 e. The van der Waals surface area contributed by atoms with E-state index in [9.17, 15) is 13.2 Å². The van der Waals surface area contributed by atoms with Crippen LogP contribution in [0, 0.1) is 0 Å². The van der Waals surface area contributed by atoms with Gasteiger partial charge in [-0.2, -0.15) is 0 Å². The average Bonchev–Trinajstić information content (AvgIpc) is 2.24. The second-order valence-electron chi connectivity index (χ2n) is 4.30. The van der Waals surface area contributed by atoms with Crippen LogP contribution in [0.2, 0.25) is 0 Å². The molecular formula is C12H16BrNO3S. The third-order valence-corrected chi connectivity index (χ3v) is 3.95. The van der Waals surface area contributed by atoms with Crippen molar-refractivity contribution in [3.05, 3.63) is 34.3 Å². The van der Waals surface area contributed by atoms with Crippen LogP contribution >= 0.6 is 15.9 Å². The Kier molecular flexibility index (Phi) is 5.49. The quantitative estimate of drug-likeness (QED) is 0.851. The van der Waals surface area contributed by atoms with Gasteiger partial charge < -0.3 is 5.73 Å². The summed E-state index contributed by atoms with van der Waals surface area (Å²) in [5.41, 5.74) is 6.55. The number of hydrogen-bond donors (Lipinski definition) is 1. The molecule has 0 fully saturated rings. The number of Topliss-reactive ketones (excluding diaryl/α,β-unsaturated/α-hetero) is 1. The molecule has 0 saturated heterocycles. The molecule has 0 aromatic heterocycles. The molecule has 1 aromatic rings. The lowest BCUT2D eigenvalue weighted by molar-refractivity contribution is -0.119. The molecule has 1 unspecified atom stereocenters. The van der Waals surface area contributed by atoms with Crippen LogP contribution in [0.3, 0.4) is 0 Å². The van der Waals surface area contributed by atoms with Gasteiger partial charge in [0.1, 0.15) is 9.84 Å². The van der Waals surface area contributed by atoms with Crippen molar-refractivity contribution in [2.75, 3.05) is 12.0 Å². The van der Waals surface area contributed by atoms with E-state index in [1.54, 1.807) is 0 Å². The first-order valence-corrected chi connectivity index (χ1v) is 8.34. The number of sulfone groups is 1. The number of halogens is 1. The second-order valence-corrected chi connectivity index (χ2v) is 7.47. The van der Waals surface area contributed by atoms with E-state index in [1.807, 2.05) is 24.3 Å². The van der Waals surface area contributed by atoms with Crippen molar-refractivity contribution >= 4 is 31.6 Å². The maximum absolute atomic E-state index is 11.8. The minimum atomic E-state index is -3.07. The molecule has 4 nitrogen and oxygen atoms in total. The molecule has 0 bridgehead atoms. The van der Waals surface area contributed by atoms with Crippen LogP contribution in [0.25, 0.3) is 0 Å². The Morgan fingerprint density at radius 3 is 2.67 bits per heavy atom. The van der Waals surface area contributed by atoms with E-state index in [4.69, 9.17) is 5.73 Å². The van der Waals surface area contributed by atoms with E-state index >= 15 is 0 Å². The molecular weight excluding hydrogens is 318 g/mol. The second kappa shape index (κ2) is 6.45. The van der Waals surface area contributed by atoms with Gasteiger partial charge in [-0.3, -0.25) is 4.79 Å². The molecule has 1 atom stereocenters. The molecule has 0 saturated carbocycles. The first-order valence-electron chi connectivity index (χ1n) is 5.48. The lowest BCUT2D eigenvalue weighted by Gasteiger charge is -2.10. The topological polar surface area (TPSA) is 77.2 Å². The van der Waals surface area contributed by atoms with E-state index in [2.05, 4.69) is 15.9 Å². The Hall–Kier alpha value is -0.720. The number of ketones is 1. The Labute approximate surface area is 116 Å². The van der Waals surface area contributed by atoms with Crippen LogP contribution in [-0.2, 0) is 21.1 Å². The predicted molar refractivity (Wildman–Crippen MR) is 75.2 cm³/mol. The molecule has 0 spiro atoms. The van der Waals surface area contributed by atoms with Gasteiger partial charge in [0.2, 0.25) is 0 Å². The van der Waals surface area contributed by atoms with E-state index in [0.717, 1.165) is 16.3 Å². The summed E-state index contributed by atoms with van der Waals surface area (Å²) in [6.07, 6.45) is 1.54. The lowest BCUT2D eigenvalue weighted by Crippen LogP contribution is -2.33. The fourth-order valence-electron chi connectivity index (χ4n) is 1.48. The highest BCUT2D eigenvalue weighted by molar-refractivity contribution is 9.10. The normalized spacial score (nSPS) is 13.3. The van der Waals surface area contributed by atoms with Crippen LogP contribution in [0.15, 0.2) is 28.7 Å². The highest BCUT2D eigenvalue weighted by atomic mass is 79.9. The molecule has 0 heterocycles. The van der Waals surface area contributed by atoms with Crippen molar-refractivity contribution in [3.63, 3.8) is 0 Å². The summed E-state index contributed by atoms with van der Waals surface area (Å²) in [7, 11) is -3.07. The van der Waals surface area contributed by atoms with Gasteiger partial charge in [-0.1, -0.05) is 28.1 Å². The molecule has 1 rings (SSSR count). The van der Waals surface area contributed by atoms with Crippen LogP contribution in [-0.4, -0.2) is 32.3 Å². The smallest absolute Gasteiger partial charge is 0.153 e. The number of benzene rings is 1. The monoisotopic (exact) mass is 333 g/mol. The fraction of sp³-hybridized carbons (Fsp3) is 0.417. The minimum Gasteiger partial charge on any atom is -0.321 e. The van der Waals surface area contributed by atoms with Crippen LogP contribution in [0.5, 0.6) is 0 Å². The van der Waals surface area contributed by atoms with Gasteiger partial charge in [-0.15, -0.1) is 0 Å². The highest BCUT2D eigenvalue weighted by Crippen LogP contribution is 2.13. The number of carbonyl (C=O) groups excluding carboxylic acids is 1. The van der Waals surface area contributed by atoms with Gasteiger partial charge in [0.05, 0.1) is 11.8 Å². The van der Waals surface area contributed by atoms with Crippen molar-refractivity contribution in [2.45, 2.75) is 18.9 Å². The molecule has 6 heteroatoms. The third kappa shape index (κ3) is 5.75. The molecule has 18 heavy (non-hydrogen) atoms. The van der Waals surface area contributed by atoms with Crippen molar-refractivity contribution < 1.29 is 13.2 Å². The van der Waals surface area contributed by atoms with Crippen molar-refractivity contribution in [1.29, 1.82) is 0 Å². The van der Waals surface area contributed by atoms with E-state index in [0.29, 0.717) is 0 Å². The summed E-state index contributed by atoms with van der Waals surface area (Å²) in [4.78, 5) is 11.8. The summed E-state index contributed by atoms with van der Waals surface area (Å²) in [6.45, 7) is 0. The minimum absolute atomic E-state index is 0.0572. The third-order valence-electron chi connectivity index (χ3n) is 2.48. The molecule has 0 radical (unpaired) electrons. The number of rotatable bonds is 6. The van der Waals surface area contributed by atoms with Crippen molar-refractivity contribution in [2.24, 2.45) is 5.73 Å². The van der Waals surface area contributed by atoms with Crippen LogP contribution in [0.4, 0.5) is 0 Å². The summed E-state index contributed by atoms with van der Waals surface area (Å²) in [6, 6.07) is 6.68. The molecule has 0 aliphatic heterocycles. The van der Waals surface area contributed by atoms with Crippen molar-refractivity contribution in [1.82, 2.24) is 0 Å². The highest BCUT2D eigenvalue weighted by Gasteiger charge is 2.16. The first-order chi connectivity index (χ1) is 8.28. The number of carbonyl (C=O) groups is 1. The van der Waals surface area contributed by atoms with Crippen LogP contribution in [0.1, 0.15) is 12.0 Å². The van der Waals surface area contributed by atoms with E-state index < -0.39 is 15.9 Å². The molecule has 0 amide bonds. The molecule has 0 aliphatic rings.